The molecule has 0 bridgehead atoms. The number of carbonyl (C=O) groups excluding carboxylic acids is 2. The van der Waals surface area contributed by atoms with Gasteiger partial charge in [0.1, 0.15) is 0 Å². The van der Waals surface area contributed by atoms with Gasteiger partial charge < -0.3 is 9.30 Å². The zero-order chi connectivity index (χ0) is 16.3. The third-order valence-corrected chi connectivity index (χ3v) is 4.39. The Bertz CT molecular complexity index is 777. The molecule has 0 unspecified atom stereocenters. The number of thiazole rings is 1. The summed E-state index contributed by atoms with van der Waals surface area (Å²) in [6.45, 7) is 4.00. The molecule has 2 rings (SSSR count). The number of esters is 1. The maximum absolute atomic E-state index is 11.9. The first-order chi connectivity index (χ1) is 10.4. The van der Waals surface area contributed by atoms with Gasteiger partial charge in [0.25, 0.3) is 5.91 Å². The molecule has 2 aromatic rings. The number of nitrogens with zero attached hydrogens (tertiary/aromatic N) is 2. The van der Waals surface area contributed by atoms with Gasteiger partial charge >= 0.3 is 5.97 Å². The van der Waals surface area contributed by atoms with Gasteiger partial charge in [0.2, 0.25) is 0 Å². The molecule has 1 aromatic heterocycles. The minimum absolute atomic E-state index is 0.178. The zero-order valence-electron chi connectivity index (χ0n) is 12.6. The molecule has 0 fully saturated rings. The fraction of sp³-hybridized carbons (Fsp3) is 0.400. The molecule has 0 N–H and O–H groups in total. The van der Waals surface area contributed by atoms with E-state index in [4.69, 9.17) is 11.6 Å². The highest BCUT2D eigenvalue weighted by Crippen LogP contribution is 2.22. The lowest BCUT2D eigenvalue weighted by Gasteiger charge is -2.04. The van der Waals surface area contributed by atoms with Gasteiger partial charge in [-0.25, -0.2) is 0 Å². The maximum Gasteiger partial charge on any atom is 0.307 e. The van der Waals surface area contributed by atoms with Crippen LogP contribution in [0.3, 0.4) is 0 Å². The predicted molar refractivity (Wildman–Crippen MR) is 86.9 cm³/mol. The lowest BCUT2D eigenvalue weighted by Crippen LogP contribution is -2.20. The number of rotatable bonds is 4. The molecule has 0 aliphatic rings. The Morgan fingerprint density at radius 2 is 2.14 bits per heavy atom. The number of hydrogen-bond donors (Lipinski definition) is 0. The first-order valence-corrected chi connectivity index (χ1v) is 8.06. The average Bonchev–Trinajstić information content (AvgIpc) is 2.80. The predicted octanol–water partition coefficient (Wildman–Crippen LogP) is 3.00. The smallest absolute Gasteiger partial charge is 0.307 e. The highest BCUT2D eigenvalue weighted by atomic mass is 35.5. The van der Waals surface area contributed by atoms with Crippen molar-refractivity contribution >= 4 is 45.0 Å². The van der Waals surface area contributed by atoms with Gasteiger partial charge in [-0.1, -0.05) is 36.8 Å². The number of methoxy groups -OCH3 is 1. The van der Waals surface area contributed by atoms with Crippen molar-refractivity contribution in [3.63, 3.8) is 0 Å². The zero-order valence-corrected chi connectivity index (χ0v) is 14.2. The third kappa shape index (κ3) is 3.75. The van der Waals surface area contributed by atoms with Crippen LogP contribution < -0.4 is 4.80 Å². The van der Waals surface area contributed by atoms with E-state index in [1.165, 1.54) is 18.4 Å². The van der Waals surface area contributed by atoms with Gasteiger partial charge in [0.05, 0.1) is 23.7 Å². The molecule has 1 amide bonds. The van der Waals surface area contributed by atoms with E-state index in [1.807, 2.05) is 16.7 Å². The number of aromatic nitrogens is 1. The molecule has 1 aromatic carbocycles. The number of benzene rings is 1. The van der Waals surface area contributed by atoms with Crippen molar-refractivity contribution < 1.29 is 14.3 Å². The highest BCUT2D eigenvalue weighted by molar-refractivity contribution is 7.16. The Kier molecular flexibility index (Phi) is 5.37. The topological polar surface area (TPSA) is 60.7 Å². The summed E-state index contributed by atoms with van der Waals surface area (Å²) in [5.41, 5.74) is 0.897. The van der Waals surface area contributed by atoms with Crippen LogP contribution in [0.1, 0.15) is 20.3 Å². The molecule has 0 atom stereocenters. The van der Waals surface area contributed by atoms with Crippen molar-refractivity contribution in [2.24, 2.45) is 10.9 Å². The molecular formula is C15H17ClN2O3S. The van der Waals surface area contributed by atoms with Crippen LogP contribution in [0.25, 0.3) is 10.2 Å². The normalized spacial score (nSPS) is 12.1. The van der Waals surface area contributed by atoms with Crippen LogP contribution in [0.5, 0.6) is 0 Å². The molecule has 0 saturated carbocycles. The molecule has 5 nitrogen and oxygen atoms in total. The molecule has 118 valence electrons. The number of halogens is 1. The van der Waals surface area contributed by atoms with Crippen LogP contribution in [0, 0.1) is 5.92 Å². The van der Waals surface area contributed by atoms with Crippen molar-refractivity contribution in [1.29, 1.82) is 0 Å². The summed E-state index contributed by atoms with van der Waals surface area (Å²) >= 11 is 7.39. The minimum Gasteiger partial charge on any atom is -0.469 e. The lowest BCUT2D eigenvalue weighted by molar-refractivity contribution is -0.140. The van der Waals surface area contributed by atoms with Crippen molar-refractivity contribution in [3.05, 3.63) is 28.0 Å². The van der Waals surface area contributed by atoms with E-state index >= 15 is 0 Å². The van der Waals surface area contributed by atoms with Crippen LogP contribution in [0.15, 0.2) is 23.2 Å². The Labute approximate surface area is 137 Å². The van der Waals surface area contributed by atoms with E-state index < -0.39 is 0 Å². The van der Waals surface area contributed by atoms with E-state index in [-0.39, 0.29) is 24.2 Å². The summed E-state index contributed by atoms with van der Waals surface area (Å²) in [4.78, 5) is 28.0. The maximum atomic E-state index is 11.9. The van der Waals surface area contributed by atoms with Gasteiger partial charge in [0, 0.05) is 17.5 Å². The second-order valence-corrected chi connectivity index (χ2v) is 6.52. The summed E-state index contributed by atoms with van der Waals surface area (Å²) in [5.74, 6) is -0.672. The molecule has 0 spiro atoms. The highest BCUT2D eigenvalue weighted by Gasteiger charge is 2.11. The van der Waals surface area contributed by atoms with E-state index in [1.54, 1.807) is 19.9 Å². The average molecular weight is 341 g/mol. The third-order valence-electron chi connectivity index (χ3n) is 3.11. The second kappa shape index (κ2) is 7.07. The van der Waals surface area contributed by atoms with Gasteiger partial charge in [-0.2, -0.15) is 4.99 Å². The van der Waals surface area contributed by atoms with E-state index in [0.717, 1.165) is 10.2 Å². The molecular weight excluding hydrogens is 324 g/mol. The van der Waals surface area contributed by atoms with E-state index in [9.17, 15) is 9.59 Å². The minimum atomic E-state index is -0.304. The number of ether oxygens (including phenoxy) is 1. The Morgan fingerprint density at radius 3 is 2.77 bits per heavy atom. The van der Waals surface area contributed by atoms with Gasteiger partial charge in [-0.15, -0.1) is 0 Å². The molecule has 7 heteroatoms. The first kappa shape index (κ1) is 16.7. The van der Waals surface area contributed by atoms with Crippen LogP contribution in [0.4, 0.5) is 0 Å². The Morgan fingerprint density at radius 1 is 1.41 bits per heavy atom. The Hall–Kier alpha value is -1.66. The molecule has 22 heavy (non-hydrogen) atoms. The standard InChI is InChI=1S/C15H17ClN2O3S/c1-9(2)14(20)17-15-18(7-6-13(19)21-3)11-5-4-10(16)8-12(11)22-15/h4-5,8-9H,6-7H2,1-3H3. The summed E-state index contributed by atoms with van der Waals surface area (Å²) < 4.78 is 7.45. The number of amides is 1. The first-order valence-electron chi connectivity index (χ1n) is 6.86. The van der Waals surface area contributed by atoms with Crippen LogP contribution in [-0.4, -0.2) is 23.6 Å². The van der Waals surface area contributed by atoms with Crippen LogP contribution >= 0.6 is 22.9 Å². The van der Waals surface area contributed by atoms with Crippen LogP contribution in [-0.2, 0) is 20.9 Å². The largest absolute Gasteiger partial charge is 0.469 e. The molecule has 0 saturated heterocycles. The Balaban J connectivity index is 2.53. The van der Waals surface area contributed by atoms with Crippen molar-refractivity contribution in [1.82, 2.24) is 4.57 Å². The van der Waals surface area contributed by atoms with Crippen molar-refractivity contribution in [2.75, 3.05) is 7.11 Å². The number of fused-ring (bicyclic) bond motifs is 1. The van der Waals surface area contributed by atoms with Crippen molar-refractivity contribution in [3.8, 4) is 0 Å². The fourth-order valence-electron chi connectivity index (χ4n) is 1.88. The quantitative estimate of drug-likeness (QED) is 0.804. The van der Waals surface area contributed by atoms with Gasteiger partial charge in [0.15, 0.2) is 4.80 Å². The molecule has 1 heterocycles. The number of hydrogen-bond acceptors (Lipinski definition) is 4. The molecule has 0 aliphatic heterocycles. The van der Waals surface area contributed by atoms with E-state index in [0.29, 0.717) is 16.4 Å². The van der Waals surface area contributed by atoms with E-state index in [2.05, 4.69) is 9.73 Å². The summed E-state index contributed by atoms with van der Waals surface area (Å²) in [7, 11) is 1.35. The second-order valence-electron chi connectivity index (χ2n) is 5.08. The SMILES string of the molecule is COC(=O)CCn1c(=NC(=O)C(C)C)sc2cc(Cl)ccc21. The molecule has 0 aliphatic carbocycles. The summed E-state index contributed by atoms with van der Waals surface area (Å²) in [6, 6.07) is 5.47. The lowest BCUT2D eigenvalue weighted by atomic mass is 10.2. The monoisotopic (exact) mass is 340 g/mol. The summed E-state index contributed by atoms with van der Waals surface area (Å²) in [6.07, 6.45) is 0.216. The number of carbonyl (C=O) groups is 2. The van der Waals surface area contributed by atoms with Gasteiger partial charge in [-0.05, 0) is 18.2 Å². The molecule has 0 radical (unpaired) electrons. The number of aryl methyl sites for hydroxylation is 1. The summed E-state index contributed by atoms with van der Waals surface area (Å²) in [5, 5.41) is 0.621. The van der Waals surface area contributed by atoms with Crippen molar-refractivity contribution in [2.45, 2.75) is 26.8 Å². The fourth-order valence-corrected chi connectivity index (χ4v) is 3.21. The van der Waals surface area contributed by atoms with Crippen LogP contribution in [0.2, 0.25) is 5.02 Å². The van der Waals surface area contributed by atoms with Gasteiger partial charge in [-0.3, -0.25) is 9.59 Å².